The molecule has 2 rings (SSSR count). The highest BCUT2D eigenvalue weighted by molar-refractivity contribution is 7.98. The van der Waals surface area contributed by atoms with Crippen LogP contribution in [-0.4, -0.2) is 40.1 Å². The Morgan fingerprint density at radius 1 is 1.35 bits per heavy atom. The zero-order valence-electron chi connectivity index (χ0n) is 12.0. The summed E-state index contributed by atoms with van der Waals surface area (Å²) in [5.41, 5.74) is 0.759. The third kappa shape index (κ3) is 3.71. The molecule has 0 bridgehead atoms. The number of hydrogen-bond acceptors (Lipinski definition) is 4. The Labute approximate surface area is 123 Å². The van der Waals surface area contributed by atoms with Crippen molar-refractivity contribution >= 4 is 17.5 Å². The van der Waals surface area contributed by atoms with Gasteiger partial charge in [0.05, 0.1) is 13.1 Å². The summed E-state index contributed by atoms with van der Waals surface area (Å²) < 4.78 is 1.97. The van der Waals surface area contributed by atoms with Crippen LogP contribution in [-0.2, 0) is 13.6 Å². The minimum absolute atomic E-state index is 0.134. The van der Waals surface area contributed by atoms with E-state index in [9.17, 15) is 4.79 Å². The number of thioether (sulfide) groups is 1. The van der Waals surface area contributed by atoms with Crippen LogP contribution in [0.25, 0.3) is 0 Å². The maximum Gasteiger partial charge on any atom is 0.176 e. The summed E-state index contributed by atoms with van der Waals surface area (Å²) in [4.78, 5) is 19.6. The molecule has 0 fully saturated rings. The van der Waals surface area contributed by atoms with Crippen molar-refractivity contribution in [1.82, 2.24) is 14.5 Å². The Bertz CT molecular complexity index is 577. The molecule has 106 valence electrons. The summed E-state index contributed by atoms with van der Waals surface area (Å²) in [6.45, 7) is 1.06. The second-order valence-corrected chi connectivity index (χ2v) is 5.66. The molecule has 0 aliphatic rings. The second-order valence-electron chi connectivity index (χ2n) is 4.78. The summed E-state index contributed by atoms with van der Waals surface area (Å²) in [5, 5.41) is 0. The number of aromatic nitrogens is 2. The molecule has 0 aliphatic carbocycles. The SMILES string of the molecule is CSc1ccc(C(=O)CN(C)Cc2nccn2C)cc1. The molecule has 1 aromatic carbocycles. The average Bonchev–Trinajstić information content (AvgIpc) is 2.84. The molecule has 0 spiro atoms. The number of Topliss-reactive ketones (excluding diaryl/α,β-unsaturated/α-hetero) is 1. The fraction of sp³-hybridized carbons (Fsp3) is 0.333. The highest BCUT2D eigenvalue weighted by Gasteiger charge is 2.11. The highest BCUT2D eigenvalue weighted by atomic mass is 32.2. The first-order valence-corrected chi connectivity index (χ1v) is 7.64. The van der Waals surface area contributed by atoms with Gasteiger partial charge in [-0.2, -0.15) is 0 Å². The van der Waals surface area contributed by atoms with Gasteiger partial charge in [0.25, 0.3) is 0 Å². The number of carbonyl (C=O) groups is 1. The Morgan fingerprint density at radius 3 is 2.60 bits per heavy atom. The number of ketones is 1. The number of benzene rings is 1. The second kappa shape index (κ2) is 6.72. The van der Waals surface area contributed by atoms with E-state index in [4.69, 9.17) is 0 Å². The van der Waals surface area contributed by atoms with Crippen LogP contribution < -0.4 is 0 Å². The first-order valence-electron chi connectivity index (χ1n) is 6.42. The van der Waals surface area contributed by atoms with Crippen LogP contribution in [0.15, 0.2) is 41.6 Å². The van der Waals surface area contributed by atoms with Gasteiger partial charge in [0.15, 0.2) is 5.78 Å². The zero-order chi connectivity index (χ0) is 14.5. The predicted octanol–water partition coefficient (Wildman–Crippen LogP) is 2.46. The van der Waals surface area contributed by atoms with E-state index in [-0.39, 0.29) is 5.78 Å². The van der Waals surface area contributed by atoms with Gasteiger partial charge in [-0.1, -0.05) is 12.1 Å². The molecule has 2 aromatic rings. The summed E-state index contributed by atoms with van der Waals surface area (Å²) in [7, 11) is 3.89. The van der Waals surface area contributed by atoms with Crippen LogP contribution in [0.4, 0.5) is 0 Å². The van der Waals surface area contributed by atoms with Crippen molar-refractivity contribution < 1.29 is 4.79 Å². The predicted molar refractivity (Wildman–Crippen MR) is 82.1 cm³/mol. The van der Waals surface area contributed by atoms with Gasteiger partial charge in [0, 0.05) is 29.9 Å². The maximum atomic E-state index is 12.2. The van der Waals surface area contributed by atoms with Crippen molar-refractivity contribution in [3.05, 3.63) is 48.0 Å². The van der Waals surface area contributed by atoms with Crippen molar-refractivity contribution in [1.29, 1.82) is 0 Å². The number of likely N-dealkylation sites (N-methyl/N-ethyl adjacent to an activating group) is 1. The summed E-state index contributed by atoms with van der Waals surface area (Å²) >= 11 is 1.67. The average molecular weight is 289 g/mol. The maximum absolute atomic E-state index is 12.2. The van der Waals surface area contributed by atoms with Crippen LogP contribution in [0.1, 0.15) is 16.2 Å². The van der Waals surface area contributed by atoms with Crippen molar-refractivity contribution in [2.24, 2.45) is 7.05 Å². The molecule has 0 N–H and O–H groups in total. The minimum Gasteiger partial charge on any atom is -0.337 e. The molecular formula is C15H19N3OS. The molecule has 0 saturated carbocycles. The van der Waals surface area contributed by atoms with Gasteiger partial charge >= 0.3 is 0 Å². The third-order valence-corrected chi connectivity index (χ3v) is 3.90. The molecule has 0 saturated heterocycles. The Hall–Kier alpha value is -1.59. The van der Waals surface area contributed by atoms with Gasteiger partial charge in [-0.25, -0.2) is 4.98 Å². The van der Waals surface area contributed by atoms with E-state index in [1.165, 1.54) is 4.90 Å². The lowest BCUT2D eigenvalue weighted by Crippen LogP contribution is -2.26. The molecule has 1 aromatic heterocycles. The summed E-state index contributed by atoms with van der Waals surface area (Å²) in [6, 6.07) is 7.75. The van der Waals surface area contributed by atoms with E-state index in [1.54, 1.807) is 18.0 Å². The largest absolute Gasteiger partial charge is 0.337 e. The van der Waals surface area contributed by atoms with Crippen molar-refractivity contribution in [2.45, 2.75) is 11.4 Å². The topological polar surface area (TPSA) is 38.1 Å². The van der Waals surface area contributed by atoms with E-state index in [1.807, 2.05) is 60.3 Å². The Morgan fingerprint density at radius 2 is 2.05 bits per heavy atom. The lowest BCUT2D eigenvalue weighted by molar-refractivity contribution is 0.0941. The Kier molecular flexibility index (Phi) is 4.98. The first kappa shape index (κ1) is 14.8. The quantitative estimate of drug-likeness (QED) is 0.605. The van der Waals surface area contributed by atoms with Crippen LogP contribution in [0, 0.1) is 0 Å². The lowest BCUT2D eigenvalue weighted by atomic mass is 10.1. The Balaban J connectivity index is 1.94. The molecule has 5 heteroatoms. The number of hydrogen-bond donors (Lipinski definition) is 0. The molecule has 0 unspecified atom stereocenters. The van der Waals surface area contributed by atoms with Crippen LogP contribution in [0.3, 0.4) is 0 Å². The van der Waals surface area contributed by atoms with Gasteiger partial charge in [-0.3, -0.25) is 9.69 Å². The highest BCUT2D eigenvalue weighted by Crippen LogP contribution is 2.15. The molecule has 4 nitrogen and oxygen atoms in total. The fourth-order valence-corrected chi connectivity index (χ4v) is 2.37. The van der Waals surface area contributed by atoms with Gasteiger partial charge in [0.2, 0.25) is 0 Å². The van der Waals surface area contributed by atoms with Gasteiger partial charge in [-0.05, 0) is 25.4 Å². The van der Waals surface area contributed by atoms with Crippen LogP contribution in [0.2, 0.25) is 0 Å². The first-order chi connectivity index (χ1) is 9.60. The zero-order valence-corrected chi connectivity index (χ0v) is 12.9. The summed E-state index contributed by atoms with van der Waals surface area (Å²) in [5.74, 6) is 1.09. The standard InChI is InChI=1S/C15H19N3OS/c1-17(11-15-16-8-9-18(15)2)10-14(19)12-4-6-13(20-3)7-5-12/h4-9H,10-11H2,1-3H3. The van der Waals surface area contributed by atoms with Crippen molar-refractivity contribution in [3.63, 3.8) is 0 Å². The summed E-state index contributed by atoms with van der Waals surface area (Å²) in [6.07, 6.45) is 5.70. The minimum atomic E-state index is 0.134. The number of aryl methyl sites for hydroxylation is 1. The van der Waals surface area contributed by atoms with Gasteiger partial charge < -0.3 is 4.57 Å². The van der Waals surface area contributed by atoms with E-state index in [0.29, 0.717) is 13.1 Å². The lowest BCUT2D eigenvalue weighted by Gasteiger charge is -2.15. The molecular weight excluding hydrogens is 270 g/mol. The fourth-order valence-electron chi connectivity index (χ4n) is 1.96. The normalized spacial score (nSPS) is 11.0. The number of imidazole rings is 1. The van der Waals surface area contributed by atoms with Crippen LogP contribution >= 0.6 is 11.8 Å². The molecule has 0 radical (unpaired) electrons. The number of rotatable bonds is 6. The van der Waals surface area contributed by atoms with E-state index in [2.05, 4.69) is 4.98 Å². The van der Waals surface area contributed by atoms with E-state index < -0.39 is 0 Å². The molecule has 1 heterocycles. The van der Waals surface area contributed by atoms with Crippen molar-refractivity contribution in [2.75, 3.05) is 19.8 Å². The van der Waals surface area contributed by atoms with E-state index >= 15 is 0 Å². The van der Waals surface area contributed by atoms with Crippen LogP contribution in [0.5, 0.6) is 0 Å². The molecule has 20 heavy (non-hydrogen) atoms. The number of nitrogens with zero attached hydrogens (tertiary/aromatic N) is 3. The molecule has 0 aliphatic heterocycles. The van der Waals surface area contributed by atoms with Gasteiger partial charge in [0.1, 0.15) is 5.82 Å². The van der Waals surface area contributed by atoms with E-state index in [0.717, 1.165) is 11.4 Å². The molecule has 0 atom stereocenters. The smallest absolute Gasteiger partial charge is 0.176 e. The monoisotopic (exact) mass is 289 g/mol. The van der Waals surface area contributed by atoms with Gasteiger partial charge in [-0.15, -0.1) is 11.8 Å². The number of carbonyl (C=O) groups excluding carboxylic acids is 1. The molecule has 0 amide bonds. The van der Waals surface area contributed by atoms with Crippen molar-refractivity contribution in [3.8, 4) is 0 Å². The third-order valence-electron chi connectivity index (χ3n) is 3.16.